The van der Waals surface area contributed by atoms with Gasteiger partial charge in [0.15, 0.2) is 0 Å². The highest BCUT2D eigenvalue weighted by atomic mass is 16.2. The third kappa shape index (κ3) is 3.71. The van der Waals surface area contributed by atoms with Crippen LogP contribution < -0.4 is 15.5 Å². The summed E-state index contributed by atoms with van der Waals surface area (Å²) in [4.78, 5) is 29.7. The minimum absolute atomic E-state index is 0.152. The maximum atomic E-state index is 12.0. The van der Waals surface area contributed by atoms with Crippen molar-refractivity contribution in [3.05, 3.63) is 53.9 Å². The summed E-state index contributed by atoms with van der Waals surface area (Å²) in [6, 6.07) is 10.8. The molecule has 6 heteroatoms. The highest BCUT2D eigenvalue weighted by Crippen LogP contribution is 2.22. The summed E-state index contributed by atoms with van der Waals surface area (Å²) in [6.07, 6.45) is 3.21. The first kappa shape index (κ1) is 16.0. The van der Waals surface area contributed by atoms with Gasteiger partial charge in [0.2, 0.25) is 5.91 Å². The normalized spacial score (nSPS) is 13.9. The Kier molecular flexibility index (Phi) is 4.74. The Bertz CT molecular complexity index is 743. The average molecular weight is 324 g/mol. The maximum absolute atomic E-state index is 12.0. The lowest BCUT2D eigenvalue weighted by Gasteiger charge is -2.16. The molecule has 2 heterocycles. The van der Waals surface area contributed by atoms with Gasteiger partial charge in [-0.15, -0.1) is 0 Å². The number of benzene rings is 1. The smallest absolute Gasteiger partial charge is 0.319 e. The molecule has 0 unspecified atom stereocenters. The number of carbonyl (C=O) groups excluding carboxylic acids is 2. The highest BCUT2D eigenvalue weighted by molar-refractivity contribution is 5.96. The molecule has 0 bridgehead atoms. The molecule has 0 atom stereocenters. The van der Waals surface area contributed by atoms with Crippen molar-refractivity contribution < 1.29 is 9.59 Å². The Morgan fingerprint density at radius 1 is 1.25 bits per heavy atom. The number of nitrogens with one attached hydrogen (secondary N) is 2. The van der Waals surface area contributed by atoms with Crippen molar-refractivity contribution in [1.82, 2.24) is 10.3 Å². The van der Waals surface area contributed by atoms with Gasteiger partial charge in [-0.3, -0.25) is 9.78 Å². The first-order valence-electron chi connectivity index (χ1n) is 7.99. The second kappa shape index (κ2) is 7.12. The van der Waals surface area contributed by atoms with Crippen molar-refractivity contribution in [3.8, 4) is 0 Å². The quantitative estimate of drug-likeness (QED) is 0.908. The molecule has 1 fully saturated rings. The van der Waals surface area contributed by atoms with Crippen LogP contribution in [0.5, 0.6) is 0 Å². The third-order valence-electron chi connectivity index (χ3n) is 4.04. The number of amides is 3. The molecule has 124 valence electrons. The largest absolute Gasteiger partial charge is 0.332 e. The number of nitrogens with zero attached hydrogens (tertiary/aromatic N) is 2. The van der Waals surface area contributed by atoms with E-state index in [-0.39, 0.29) is 11.9 Å². The molecule has 0 spiro atoms. The second-order valence-corrected chi connectivity index (χ2v) is 5.77. The summed E-state index contributed by atoms with van der Waals surface area (Å²) >= 11 is 0. The molecule has 2 N–H and O–H groups in total. The van der Waals surface area contributed by atoms with Gasteiger partial charge in [-0.25, -0.2) is 4.79 Å². The lowest BCUT2D eigenvalue weighted by atomic mass is 10.2. The molecular weight excluding hydrogens is 304 g/mol. The predicted octanol–water partition coefficient (Wildman–Crippen LogP) is 2.84. The Labute approximate surface area is 140 Å². The third-order valence-corrected chi connectivity index (χ3v) is 4.04. The van der Waals surface area contributed by atoms with E-state index < -0.39 is 0 Å². The standard InChI is InChI=1S/C18H20N4O2/c1-13-4-2-10-19-16(13)12-20-18(24)21-14-6-8-15(9-7-14)22-11-3-5-17(22)23/h2,4,6-10H,3,5,11-12H2,1H3,(H2,20,21,24). The zero-order valence-corrected chi connectivity index (χ0v) is 13.6. The van der Waals surface area contributed by atoms with Gasteiger partial charge in [-0.05, 0) is 49.2 Å². The Hall–Kier alpha value is -2.89. The van der Waals surface area contributed by atoms with Gasteiger partial charge in [0, 0.05) is 30.5 Å². The molecule has 3 rings (SSSR count). The van der Waals surface area contributed by atoms with Crippen LogP contribution in [0.3, 0.4) is 0 Å². The van der Waals surface area contributed by atoms with Crippen molar-refractivity contribution in [2.75, 3.05) is 16.8 Å². The highest BCUT2D eigenvalue weighted by Gasteiger charge is 2.21. The second-order valence-electron chi connectivity index (χ2n) is 5.77. The molecular formula is C18H20N4O2. The SMILES string of the molecule is Cc1cccnc1CNC(=O)Nc1ccc(N2CCCC2=O)cc1. The minimum Gasteiger partial charge on any atom is -0.332 e. The van der Waals surface area contributed by atoms with E-state index in [2.05, 4.69) is 15.6 Å². The molecule has 0 saturated carbocycles. The van der Waals surface area contributed by atoms with E-state index >= 15 is 0 Å². The maximum Gasteiger partial charge on any atom is 0.319 e. The van der Waals surface area contributed by atoms with E-state index in [1.807, 2.05) is 31.2 Å². The van der Waals surface area contributed by atoms with Gasteiger partial charge >= 0.3 is 6.03 Å². The predicted molar refractivity (Wildman–Crippen MR) is 92.9 cm³/mol. The van der Waals surface area contributed by atoms with Crippen molar-refractivity contribution in [2.24, 2.45) is 0 Å². The molecule has 1 aliphatic heterocycles. The number of anilines is 2. The van der Waals surface area contributed by atoms with Gasteiger partial charge in [-0.1, -0.05) is 6.07 Å². The molecule has 2 aromatic rings. The first-order chi connectivity index (χ1) is 11.6. The summed E-state index contributed by atoms with van der Waals surface area (Å²) in [6.45, 7) is 3.09. The van der Waals surface area contributed by atoms with Crippen molar-refractivity contribution in [3.63, 3.8) is 0 Å². The van der Waals surface area contributed by atoms with Gasteiger partial charge in [0.25, 0.3) is 0 Å². The molecule has 0 radical (unpaired) electrons. The fourth-order valence-electron chi connectivity index (χ4n) is 2.69. The van der Waals surface area contributed by atoms with Crippen molar-refractivity contribution in [1.29, 1.82) is 0 Å². The van der Waals surface area contributed by atoms with Crippen LogP contribution in [-0.2, 0) is 11.3 Å². The number of aryl methyl sites for hydroxylation is 1. The topological polar surface area (TPSA) is 74.3 Å². The molecule has 3 amide bonds. The van der Waals surface area contributed by atoms with Crippen LogP contribution in [0.4, 0.5) is 16.2 Å². The summed E-state index contributed by atoms with van der Waals surface area (Å²) in [5.41, 5.74) is 3.43. The van der Waals surface area contributed by atoms with Crippen LogP contribution in [0.1, 0.15) is 24.1 Å². The number of pyridine rings is 1. The van der Waals surface area contributed by atoms with Gasteiger partial charge in [0.1, 0.15) is 0 Å². The van der Waals surface area contributed by atoms with Crippen molar-refractivity contribution in [2.45, 2.75) is 26.3 Å². The Morgan fingerprint density at radius 3 is 2.71 bits per heavy atom. The number of hydrogen-bond donors (Lipinski definition) is 2. The molecule has 24 heavy (non-hydrogen) atoms. The fourth-order valence-corrected chi connectivity index (χ4v) is 2.69. The first-order valence-corrected chi connectivity index (χ1v) is 7.99. The van der Waals surface area contributed by atoms with Crippen LogP contribution >= 0.6 is 0 Å². The number of hydrogen-bond acceptors (Lipinski definition) is 3. The fraction of sp³-hybridized carbons (Fsp3) is 0.278. The lowest BCUT2D eigenvalue weighted by Crippen LogP contribution is -2.29. The number of carbonyl (C=O) groups is 2. The molecule has 1 saturated heterocycles. The van der Waals surface area contributed by atoms with Crippen LogP contribution in [0.15, 0.2) is 42.6 Å². The molecule has 1 aromatic heterocycles. The van der Waals surface area contributed by atoms with E-state index in [4.69, 9.17) is 0 Å². The Morgan fingerprint density at radius 2 is 2.04 bits per heavy atom. The zero-order valence-electron chi connectivity index (χ0n) is 13.6. The zero-order chi connectivity index (χ0) is 16.9. The summed E-state index contributed by atoms with van der Waals surface area (Å²) in [5, 5.41) is 5.57. The lowest BCUT2D eigenvalue weighted by molar-refractivity contribution is -0.117. The van der Waals surface area contributed by atoms with E-state index in [9.17, 15) is 9.59 Å². The molecule has 1 aliphatic rings. The van der Waals surface area contributed by atoms with Crippen LogP contribution in [0, 0.1) is 6.92 Å². The minimum atomic E-state index is -0.287. The molecule has 6 nitrogen and oxygen atoms in total. The molecule has 1 aromatic carbocycles. The molecule has 0 aliphatic carbocycles. The van der Waals surface area contributed by atoms with Gasteiger partial charge in [-0.2, -0.15) is 0 Å². The van der Waals surface area contributed by atoms with E-state index in [1.165, 1.54) is 0 Å². The summed E-state index contributed by atoms with van der Waals surface area (Å²) < 4.78 is 0. The van der Waals surface area contributed by atoms with Gasteiger partial charge < -0.3 is 15.5 Å². The monoisotopic (exact) mass is 324 g/mol. The van der Waals surface area contributed by atoms with Crippen molar-refractivity contribution >= 4 is 23.3 Å². The summed E-state index contributed by atoms with van der Waals surface area (Å²) in [5.74, 6) is 0.152. The van der Waals surface area contributed by atoms with E-state index in [0.717, 1.165) is 29.9 Å². The Balaban J connectivity index is 1.55. The van der Waals surface area contributed by atoms with E-state index in [1.54, 1.807) is 23.2 Å². The number of rotatable bonds is 4. The number of urea groups is 1. The van der Waals surface area contributed by atoms with Crippen LogP contribution in [0.25, 0.3) is 0 Å². The van der Waals surface area contributed by atoms with Crippen LogP contribution in [0.2, 0.25) is 0 Å². The van der Waals surface area contributed by atoms with E-state index in [0.29, 0.717) is 18.7 Å². The average Bonchev–Trinajstić information content (AvgIpc) is 3.01. The number of aromatic nitrogens is 1. The van der Waals surface area contributed by atoms with Crippen LogP contribution in [-0.4, -0.2) is 23.5 Å². The van der Waals surface area contributed by atoms with Gasteiger partial charge in [0.05, 0.1) is 12.2 Å². The summed E-state index contributed by atoms with van der Waals surface area (Å²) in [7, 11) is 0.